The summed E-state index contributed by atoms with van der Waals surface area (Å²) >= 11 is 3.23. The van der Waals surface area contributed by atoms with Crippen molar-refractivity contribution in [2.45, 2.75) is 0 Å². The van der Waals surface area contributed by atoms with Gasteiger partial charge in [-0.2, -0.15) is 0 Å². The van der Waals surface area contributed by atoms with E-state index in [1.165, 1.54) is 0 Å². The van der Waals surface area contributed by atoms with Crippen molar-refractivity contribution >= 4 is 39.4 Å². The third-order valence-corrected chi connectivity index (χ3v) is 3.60. The van der Waals surface area contributed by atoms with Crippen molar-refractivity contribution in [3.63, 3.8) is 0 Å². The summed E-state index contributed by atoms with van der Waals surface area (Å²) in [6.07, 6.45) is 0. The van der Waals surface area contributed by atoms with Crippen molar-refractivity contribution in [1.82, 2.24) is 5.32 Å². The molecule has 0 radical (unpaired) electrons. The number of carbonyl (C=O) groups is 3. The zero-order chi connectivity index (χ0) is 19.1. The number of nitrogens with one attached hydrogen (secondary N) is 2. The molecule has 0 atom stereocenters. The van der Waals surface area contributed by atoms with Gasteiger partial charge in [0, 0.05) is 16.1 Å². The molecule has 6 nitrogen and oxygen atoms in total. The Hall–Kier alpha value is -2.81. The van der Waals surface area contributed by atoms with Crippen LogP contribution >= 0.6 is 15.9 Å². The van der Waals surface area contributed by atoms with Crippen molar-refractivity contribution in [3.05, 3.63) is 64.1 Å². The number of ether oxygens (including phenoxy) is 1. The molecule has 2 N–H and O–H groups in total. The molecule has 0 bridgehead atoms. The molecule has 0 aliphatic rings. The number of anilines is 1. The zero-order valence-corrected chi connectivity index (χ0v) is 14.8. The van der Waals surface area contributed by atoms with E-state index in [1.807, 2.05) is 0 Å². The summed E-state index contributed by atoms with van der Waals surface area (Å²) in [6.45, 7) is -1.15. The molecule has 26 heavy (non-hydrogen) atoms. The molecule has 0 aliphatic carbocycles. The van der Waals surface area contributed by atoms with Crippen molar-refractivity contribution in [2.75, 3.05) is 18.5 Å². The van der Waals surface area contributed by atoms with E-state index in [-0.39, 0.29) is 5.69 Å². The highest BCUT2D eigenvalue weighted by Crippen LogP contribution is 2.15. The lowest BCUT2D eigenvalue weighted by Gasteiger charge is -2.08. The number of halogens is 3. The third kappa shape index (κ3) is 5.92. The Morgan fingerprint density at radius 3 is 2.42 bits per heavy atom. The van der Waals surface area contributed by atoms with Crippen molar-refractivity contribution < 1.29 is 27.9 Å². The van der Waals surface area contributed by atoms with E-state index in [0.717, 1.165) is 22.7 Å². The minimum atomic E-state index is -0.856. The Kier molecular flexibility index (Phi) is 6.79. The van der Waals surface area contributed by atoms with Crippen LogP contribution in [0.25, 0.3) is 0 Å². The molecule has 0 spiro atoms. The highest BCUT2D eigenvalue weighted by atomic mass is 79.9. The smallest absolute Gasteiger partial charge is 0.325 e. The number of esters is 1. The molecule has 2 amide bonds. The molecule has 0 unspecified atom stereocenters. The van der Waals surface area contributed by atoms with Gasteiger partial charge < -0.3 is 15.4 Å². The van der Waals surface area contributed by atoms with Gasteiger partial charge in [0.1, 0.15) is 18.2 Å². The van der Waals surface area contributed by atoms with Crippen LogP contribution in [0.15, 0.2) is 46.9 Å². The van der Waals surface area contributed by atoms with Gasteiger partial charge in [0.05, 0.1) is 5.69 Å². The second-order valence-electron chi connectivity index (χ2n) is 5.02. The third-order valence-electron chi connectivity index (χ3n) is 3.07. The lowest BCUT2D eigenvalue weighted by Crippen LogP contribution is -2.32. The van der Waals surface area contributed by atoms with Crippen LogP contribution in [0.5, 0.6) is 0 Å². The first-order valence-electron chi connectivity index (χ1n) is 7.29. The van der Waals surface area contributed by atoms with Gasteiger partial charge in [-0.3, -0.25) is 14.4 Å². The van der Waals surface area contributed by atoms with Crippen molar-refractivity contribution in [1.29, 1.82) is 0 Å². The lowest BCUT2D eigenvalue weighted by atomic mass is 10.2. The zero-order valence-electron chi connectivity index (χ0n) is 13.2. The molecular formula is C17H13BrF2N2O4. The summed E-state index contributed by atoms with van der Waals surface area (Å²) in [5.41, 5.74) is -0.0186. The van der Waals surface area contributed by atoms with Crippen molar-refractivity contribution in [2.24, 2.45) is 0 Å². The summed E-state index contributed by atoms with van der Waals surface area (Å²) in [7, 11) is 0. The first-order chi connectivity index (χ1) is 12.3. The minimum absolute atomic E-state index is 0.348. The average molecular weight is 427 g/mol. The van der Waals surface area contributed by atoms with E-state index in [2.05, 4.69) is 31.3 Å². The van der Waals surface area contributed by atoms with Crippen LogP contribution in [0.2, 0.25) is 0 Å². The van der Waals surface area contributed by atoms with Crippen LogP contribution < -0.4 is 10.6 Å². The number of rotatable bonds is 6. The predicted molar refractivity (Wildman–Crippen MR) is 92.4 cm³/mol. The minimum Gasteiger partial charge on any atom is -0.454 e. The normalized spacial score (nSPS) is 10.1. The van der Waals surface area contributed by atoms with Crippen LogP contribution in [0, 0.1) is 11.6 Å². The Morgan fingerprint density at radius 1 is 1.04 bits per heavy atom. The summed E-state index contributed by atoms with van der Waals surface area (Å²) in [5.74, 6) is -3.74. The van der Waals surface area contributed by atoms with E-state index < -0.39 is 42.6 Å². The SMILES string of the molecule is O=C(COC(=O)CNC(=O)c1ccc(Br)cc1)Nc1cc(F)ccc1F. The van der Waals surface area contributed by atoms with Gasteiger partial charge in [-0.05, 0) is 36.4 Å². The molecule has 0 aromatic heterocycles. The molecule has 2 rings (SSSR count). The fraction of sp³-hybridized carbons (Fsp3) is 0.118. The highest BCUT2D eigenvalue weighted by molar-refractivity contribution is 9.10. The Balaban J connectivity index is 1.75. The molecule has 9 heteroatoms. The largest absolute Gasteiger partial charge is 0.454 e. The Bertz CT molecular complexity index is 828. The highest BCUT2D eigenvalue weighted by Gasteiger charge is 2.12. The van der Waals surface area contributed by atoms with Gasteiger partial charge in [0.2, 0.25) is 0 Å². The van der Waals surface area contributed by atoms with Crippen LogP contribution in [0.1, 0.15) is 10.4 Å². The van der Waals surface area contributed by atoms with Gasteiger partial charge in [-0.1, -0.05) is 15.9 Å². The molecule has 2 aromatic rings. The van der Waals surface area contributed by atoms with Gasteiger partial charge in [-0.15, -0.1) is 0 Å². The molecular weight excluding hydrogens is 414 g/mol. The van der Waals surface area contributed by atoms with Crippen LogP contribution in [-0.4, -0.2) is 30.9 Å². The first-order valence-corrected chi connectivity index (χ1v) is 8.09. The second-order valence-corrected chi connectivity index (χ2v) is 5.94. The van der Waals surface area contributed by atoms with Gasteiger partial charge in [-0.25, -0.2) is 8.78 Å². The maximum atomic E-state index is 13.4. The monoisotopic (exact) mass is 426 g/mol. The van der Waals surface area contributed by atoms with Crippen LogP contribution in [0.3, 0.4) is 0 Å². The Labute approximate surface area is 155 Å². The lowest BCUT2D eigenvalue weighted by molar-refractivity contribution is -0.146. The second kappa shape index (κ2) is 9.04. The van der Waals surface area contributed by atoms with E-state index in [0.29, 0.717) is 5.56 Å². The molecule has 136 valence electrons. The molecule has 0 heterocycles. The fourth-order valence-corrected chi connectivity index (χ4v) is 2.10. The van der Waals surface area contributed by atoms with E-state index >= 15 is 0 Å². The maximum Gasteiger partial charge on any atom is 0.325 e. The average Bonchev–Trinajstić information content (AvgIpc) is 2.61. The van der Waals surface area contributed by atoms with Gasteiger partial charge in [0.25, 0.3) is 11.8 Å². The van der Waals surface area contributed by atoms with Crippen molar-refractivity contribution in [3.8, 4) is 0 Å². The van der Waals surface area contributed by atoms with E-state index in [1.54, 1.807) is 24.3 Å². The number of amides is 2. The first kappa shape index (κ1) is 19.5. The summed E-state index contributed by atoms with van der Waals surface area (Å²) in [5, 5.41) is 4.42. The standard InChI is InChI=1S/C17H13BrF2N2O4/c18-11-3-1-10(2-4-11)17(25)21-8-16(24)26-9-15(23)22-14-7-12(19)5-6-13(14)20/h1-7H,8-9H2,(H,21,25)(H,22,23). The summed E-state index contributed by atoms with van der Waals surface area (Å²) in [4.78, 5) is 35.0. The number of carbonyl (C=O) groups excluding carboxylic acids is 3. The fourth-order valence-electron chi connectivity index (χ4n) is 1.83. The maximum absolute atomic E-state index is 13.4. The van der Waals surface area contributed by atoms with Gasteiger partial charge in [0.15, 0.2) is 6.61 Å². The van der Waals surface area contributed by atoms with Crippen LogP contribution in [0.4, 0.5) is 14.5 Å². The van der Waals surface area contributed by atoms with Gasteiger partial charge >= 0.3 is 5.97 Å². The summed E-state index contributed by atoms with van der Waals surface area (Å²) < 4.78 is 31.9. The number of hydrogen-bond acceptors (Lipinski definition) is 4. The molecule has 0 saturated carbocycles. The van der Waals surface area contributed by atoms with E-state index in [4.69, 9.17) is 0 Å². The molecule has 0 fully saturated rings. The molecule has 2 aromatic carbocycles. The summed E-state index contributed by atoms with van der Waals surface area (Å²) in [6, 6.07) is 9.02. The topological polar surface area (TPSA) is 84.5 Å². The molecule has 0 aliphatic heterocycles. The van der Waals surface area contributed by atoms with E-state index in [9.17, 15) is 23.2 Å². The predicted octanol–water partition coefficient (Wildman–Crippen LogP) is 2.64. The number of hydrogen-bond donors (Lipinski definition) is 2. The Morgan fingerprint density at radius 2 is 1.73 bits per heavy atom. The quantitative estimate of drug-likeness (QED) is 0.695. The molecule has 0 saturated heterocycles. The number of benzene rings is 2. The van der Waals surface area contributed by atoms with Crippen LogP contribution in [-0.2, 0) is 14.3 Å².